The number of fused-ring (bicyclic) bond motifs is 1. The van der Waals surface area contributed by atoms with Crippen LogP contribution in [0.4, 0.5) is 19.0 Å². The number of pyridine rings is 1. The van der Waals surface area contributed by atoms with Crippen LogP contribution in [0.25, 0.3) is 10.8 Å². The Balaban J connectivity index is 1.65. The first-order chi connectivity index (χ1) is 13.7. The number of carbonyl (C=O) groups is 1. The van der Waals surface area contributed by atoms with E-state index in [2.05, 4.69) is 20.7 Å². The van der Waals surface area contributed by atoms with Crippen LogP contribution < -0.4 is 16.2 Å². The first kappa shape index (κ1) is 20.6. The number of alkyl halides is 3. The number of benzene rings is 1. The van der Waals surface area contributed by atoms with Crippen LogP contribution in [0, 0.1) is 0 Å². The molecule has 0 aliphatic heterocycles. The predicted molar refractivity (Wildman–Crippen MR) is 102 cm³/mol. The van der Waals surface area contributed by atoms with E-state index >= 15 is 0 Å². The van der Waals surface area contributed by atoms with Gasteiger partial charge < -0.3 is 10.6 Å². The lowest BCUT2D eigenvalue weighted by Gasteiger charge is -2.12. The first-order valence-corrected chi connectivity index (χ1v) is 8.77. The van der Waals surface area contributed by atoms with Gasteiger partial charge in [0, 0.05) is 31.7 Å². The van der Waals surface area contributed by atoms with Crippen LogP contribution >= 0.6 is 11.6 Å². The van der Waals surface area contributed by atoms with Gasteiger partial charge in [0.15, 0.2) is 5.69 Å². The third kappa shape index (κ3) is 4.48. The van der Waals surface area contributed by atoms with Gasteiger partial charge in [-0.3, -0.25) is 9.59 Å². The molecule has 0 bridgehead atoms. The van der Waals surface area contributed by atoms with Gasteiger partial charge >= 0.3 is 6.18 Å². The molecule has 2 N–H and O–H groups in total. The predicted octanol–water partition coefficient (Wildman–Crippen LogP) is 2.84. The second kappa shape index (κ2) is 8.08. The molecule has 1 aromatic carbocycles. The van der Waals surface area contributed by atoms with Crippen molar-refractivity contribution in [2.75, 3.05) is 18.4 Å². The van der Waals surface area contributed by atoms with E-state index in [0.717, 1.165) is 10.7 Å². The fraction of sp³-hybridized carbons (Fsp3) is 0.222. The minimum absolute atomic E-state index is 0.0691. The molecule has 0 saturated heterocycles. The molecule has 0 radical (unpaired) electrons. The molecule has 0 aliphatic carbocycles. The van der Waals surface area contributed by atoms with Crippen LogP contribution in [0.15, 0.2) is 41.3 Å². The highest BCUT2D eigenvalue weighted by Crippen LogP contribution is 2.32. The number of hydrogen-bond acceptors (Lipinski definition) is 5. The van der Waals surface area contributed by atoms with Crippen molar-refractivity contribution in [2.45, 2.75) is 6.18 Å². The van der Waals surface area contributed by atoms with Gasteiger partial charge in [0.05, 0.1) is 16.0 Å². The van der Waals surface area contributed by atoms with Gasteiger partial charge in [0.25, 0.3) is 11.5 Å². The van der Waals surface area contributed by atoms with Gasteiger partial charge in [-0.25, -0.2) is 9.67 Å². The van der Waals surface area contributed by atoms with Crippen LogP contribution in [-0.2, 0) is 13.2 Å². The number of carbonyl (C=O) groups excluding carboxylic acids is 1. The minimum atomic E-state index is -4.53. The topological polar surface area (TPSA) is 88.9 Å². The lowest BCUT2D eigenvalue weighted by Crippen LogP contribution is -2.32. The number of anilines is 1. The second-order valence-corrected chi connectivity index (χ2v) is 6.47. The summed E-state index contributed by atoms with van der Waals surface area (Å²) in [6.45, 7) is 0.282. The Labute approximate surface area is 167 Å². The molecule has 7 nitrogen and oxygen atoms in total. The van der Waals surface area contributed by atoms with Gasteiger partial charge in [0.1, 0.15) is 5.82 Å². The lowest BCUT2D eigenvalue weighted by atomic mass is 10.1. The molecular weight excluding hydrogens is 411 g/mol. The third-order valence-electron chi connectivity index (χ3n) is 4.04. The second-order valence-electron chi connectivity index (χ2n) is 6.06. The van der Waals surface area contributed by atoms with E-state index in [9.17, 15) is 22.8 Å². The summed E-state index contributed by atoms with van der Waals surface area (Å²) in [6, 6.07) is 7.39. The molecule has 2 heterocycles. The minimum Gasteiger partial charge on any atom is -0.367 e. The molecule has 0 unspecified atom stereocenters. The van der Waals surface area contributed by atoms with E-state index in [1.165, 1.54) is 7.05 Å². The lowest BCUT2D eigenvalue weighted by molar-refractivity contribution is -0.137. The Morgan fingerprint density at radius 3 is 2.55 bits per heavy atom. The Morgan fingerprint density at radius 2 is 1.90 bits per heavy atom. The fourth-order valence-electron chi connectivity index (χ4n) is 2.63. The van der Waals surface area contributed by atoms with Crippen LogP contribution in [0.1, 0.15) is 16.1 Å². The Hall–Kier alpha value is -3.14. The number of hydrogen-bond donors (Lipinski definition) is 2. The maximum absolute atomic E-state index is 12.6. The number of amides is 1. The normalized spacial score (nSPS) is 11.5. The maximum atomic E-state index is 12.6. The zero-order valence-corrected chi connectivity index (χ0v) is 15.8. The molecule has 2 aromatic heterocycles. The quantitative estimate of drug-likeness (QED) is 0.614. The van der Waals surface area contributed by atoms with Crippen molar-refractivity contribution in [1.29, 1.82) is 0 Å². The average Bonchev–Trinajstić information content (AvgIpc) is 2.68. The summed E-state index contributed by atoms with van der Waals surface area (Å²) in [5.74, 6) is -0.426. The number of nitrogens with zero attached hydrogens (tertiary/aromatic N) is 3. The van der Waals surface area contributed by atoms with Crippen molar-refractivity contribution in [1.82, 2.24) is 20.1 Å². The van der Waals surface area contributed by atoms with Crippen molar-refractivity contribution in [3.05, 3.63) is 63.2 Å². The molecule has 29 heavy (non-hydrogen) atoms. The van der Waals surface area contributed by atoms with Crippen molar-refractivity contribution in [3.8, 4) is 0 Å². The van der Waals surface area contributed by atoms with Crippen LogP contribution in [-0.4, -0.2) is 33.8 Å². The average molecular weight is 426 g/mol. The van der Waals surface area contributed by atoms with E-state index in [1.807, 2.05) is 0 Å². The SMILES string of the molecule is Cn1nc(C(=O)NCCNc2ncc(C(F)(F)F)cc2Cl)c2ccccc2c1=O. The fourth-order valence-corrected chi connectivity index (χ4v) is 2.86. The van der Waals surface area contributed by atoms with Crippen LogP contribution in [0.2, 0.25) is 5.02 Å². The molecule has 0 saturated carbocycles. The number of aryl methyl sites for hydroxylation is 1. The highest BCUT2D eigenvalue weighted by molar-refractivity contribution is 6.32. The summed E-state index contributed by atoms with van der Waals surface area (Å²) in [4.78, 5) is 28.2. The Morgan fingerprint density at radius 1 is 1.21 bits per heavy atom. The summed E-state index contributed by atoms with van der Waals surface area (Å²) in [5.41, 5.74) is -1.18. The summed E-state index contributed by atoms with van der Waals surface area (Å²) in [6.07, 6.45) is -3.86. The standard InChI is InChI=1S/C18H15ClF3N5O2/c1-27-17(29)12-5-3-2-4-11(12)14(26-27)16(28)24-7-6-23-15-13(19)8-10(9-25-15)18(20,21)22/h2-5,8-9H,6-7H2,1H3,(H,23,25)(H,24,28). The van der Waals surface area contributed by atoms with Gasteiger partial charge in [-0.05, 0) is 12.1 Å². The van der Waals surface area contributed by atoms with Gasteiger partial charge in [0.2, 0.25) is 0 Å². The van der Waals surface area contributed by atoms with Crippen molar-refractivity contribution in [2.24, 2.45) is 7.05 Å². The van der Waals surface area contributed by atoms with E-state index in [1.54, 1.807) is 24.3 Å². The van der Waals surface area contributed by atoms with Crippen LogP contribution in [0.5, 0.6) is 0 Å². The molecule has 0 aliphatic rings. The summed E-state index contributed by atoms with van der Waals surface area (Å²) >= 11 is 5.82. The number of aromatic nitrogens is 3. The molecule has 3 rings (SSSR count). The third-order valence-corrected chi connectivity index (χ3v) is 4.33. The van der Waals surface area contributed by atoms with Gasteiger partial charge in [-0.1, -0.05) is 29.8 Å². The molecular formula is C18H15ClF3N5O2. The molecule has 0 spiro atoms. The van der Waals surface area contributed by atoms with E-state index in [4.69, 9.17) is 11.6 Å². The molecule has 0 atom stereocenters. The number of rotatable bonds is 5. The first-order valence-electron chi connectivity index (χ1n) is 8.39. The van der Waals surface area contributed by atoms with E-state index in [0.29, 0.717) is 17.0 Å². The molecule has 3 aromatic rings. The summed E-state index contributed by atoms with van der Waals surface area (Å²) in [5, 5.41) is 10.0. The maximum Gasteiger partial charge on any atom is 0.417 e. The van der Waals surface area contributed by atoms with Crippen molar-refractivity contribution in [3.63, 3.8) is 0 Å². The molecule has 0 fully saturated rings. The Bertz CT molecular complexity index is 1130. The Kier molecular flexibility index (Phi) is 5.73. The summed E-state index contributed by atoms with van der Waals surface area (Å²) < 4.78 is 39.0. The van der Waals surface area contributed by atoms with E-state index < -0.39 is 17.6 Å². The number of nitrogens with one attached hydrogen (secondary N) is 2. The van der Waals surface area contributed by atoms with Crippen molar-refractivity contribution >= 4 is 34.1 Å². The number of halogens is 4. The van der Waals surface area contributed by atoms with Gasteiger partial charge in [-0.2, -0.15) is 18.3 Å². The highest BCUT2D eigenvalue weighted by atomic mass is 35.5. The van der Waals surface area contributed by atoms with Gasteiger partial charge in [-0.15, -0.1) is 0 Å². The van der Waals surface area contributed by atoms with Crippen LogP contribution in [0.3, 0.4) is 0 Å². The van der Waals surface area contributed by atoms with Crippen molar-refractivity contribution < 1.29 is 18.0 Å². The molecule has 1 amide bonds. The smallest absolute Gasteiger partial charge is 0.367 e. The zero-order valence-electron chi connectivity index (χ0n) is 15.0. The summed E-state index contributed by atoms with van der Waals surface area (Å²) in [7, 11) is 1.45. The zero-order chi connectivity index (χ0) is 21.2. The largest absolute Gasteiger partial charge is 0.417 e. The van der Waals surface area contributed by atoms with E-state index in [-0.39, 0.29) is 35.2 Å². The highest BCUT2D eigenvalue weighted by Gasteiger charge is 2.31. The molecule has 11 heteroatoms. The molecule has 152 valence electrons. The monoisotopic (exact) mass is 425 g/mol.